The van der Waals surface area contributed by atoms with Crippen LogP contribution in [-0.2, 0) is 26.3 Å². The molecule has 11 aromatic rings. The number of hydrogen-bond donors (Lipinski definition) is 0. The van der Waals surface area contributed by atoms with E-state index in [-0.39, 0.29) is 0 Å². The summed E-state index contributed by atoms with van der Waals surface area (Å²) >= 11 is 2.09. The average molecular weight is 828 g/mol. The number of para-hydroxylation sites is 4. The molecule has 6 aromatic carbocycles. The van der Waals surface area contributed by atoms with Gasteiger partial charge in [0, 0.05) is 27.7 Å². The van der Waals surface area contributed by atoms with Gasteiger partial charge in [0.05, 0.1) is 16.6 Å². The van der Waals surface area contributed by atoms with Crippen molar-refractivity contribution in [1.29, 1.82) is 0 Å². The second kappa shape index (κ2) is 10.3. The molecule has 0 bridgehead atoms. The van der Waals surface area contributed by atoms with Crippen LogP contribution in [0.1, 0.15) is 4.11 Å². The van der Waals surface area contributed by atoms with Crippen molar-refractivity contribution in [3.63, 3.8) is 0 Å². The fourth-order valence-electron chi connectivity index (χ4n) is 7.90. The third kappa shape index (κ3) is 3.77. The number of hydrogen-bond acceptors (Lipinski definition) is 2. The van der Waals surface area contributed by atoms with Crippen LogP contribution in [0.4, 0.5) is 0 Å². The molecule has 0 unspecified atom stereocenters. The molecule has 0 saturated heterocycles. The second-order valence-corrected chi connectivity index (χ2v) is 13.7. The van der Waals surface area contributed by atoms with E-state index in [9.17, 15) is 0 Å². The number of pyridine rings is 1. The molecule has 11 rings (SSSR count). The van der Waals surface area contributed by atoms with Gasteiger partial charge in [-0.15, -0.1) is 0 Å². The van der Waals surface area contributed by atoms with E-state index in [0.717, 1.165) is 44.3 Å². The topological polar surface area (TPSA) is 41.3 Å². The number of fused-ring (bicyclic) bond motifs is 10. The molecule has 7 heteroatoms. The van der Waals surface area contributed by atoms with E-state index >= 15 is 0 Å². The van der Waals surface area contributed by atoms with E-state index in [1.807, 2.05) is 83.6 Å². The van der Waals surface area contributed by atoms with Gasteiger partial charge < -0.3 is 4.40 Å². The van der Waals surface area contributed by atoms with Gasteiger partial charge in [0.15, 0.2) is 0 Å². The van der Waals surface area contributed by atoms with Gasteiger partial charge in [-0.3, -0.25) is 0 Å². The zero-order valence-electron chi connectivity index (χ0n) is 29.3. The third-order valence-electron chi connectivity index (χ3n) is 9.98. The first-order chi connectivity index (χ1) is 25.8. The zero-order valence-corrected chi connectivity index (χ0v) is 28.6. The zero-order chi connectivity index (χ0) is 35.6. The summed E-state index contributed by atoms with van der Waals surface area (Å²) in [5.41, 5.74) is 7.89. The number of rotatable bonds is 4. The quantitative estimate of drug-likeness (QED) is 0.177. The van der Waals surface area contributed by atoms with Crippen LogP contribution in [0.2, 0.25) is 0 Å². The van der Waals surface area contributed by atoms with Crippen LogP contribution >= 0.6 is 0 Å². The molecule has 240 valence electrons. The Morgan fingerprint density at radius 3 is 2.10 bits per heavy atom. The van der Waals surface area contributed by atoms with Crippen molar-refractivity contribution in [1.82, 2.24) is 23.1 Å². The van der Waals surface area contributed by atoms with Crippen molar-refractivity contribution in [2.75, 3.05) is 0 Å². The Labute approximate surface area is 300 Å². The molecule has 0 aliphatic heterocycles. The summed E-state index contributed by atoms with van der Waals surface area (Å²) in [5, 5.41) is 7.21. The van der Waals surface area contributed by atoms with Crippen LogP contribution in [0.15, 0.2) is 146 Å². The van der Waals surface area contributed by atoms with Crippen LogP contribution in [-0.4, -0.2) is 23.1 Å². The molecule has 0 spiro atoms. The molecule has 0 N–H and O–H groups in total. The van der Waals surface area contributed by atoms with E-state index in [0.29, 0.717) is 20.8 Å². The molecule has 0 aliphatic rings. The normalized spacial score (nSPS) is 13.4. The fourth-order valence-corrected chi connectivity index (χ4v) is 8.74. The van der Waals surface area contributed by atoms with E-state index in [1.165, 1.54) is 37.1 Å². The molecule has 5 aromatic heterocycles. The third-order valence-corrected chi connectivity index (χ3v) is 11.0. The minimum atomic E-state index is -2.33. The van der Waals surface area contributed by atoms with Crippen molar-refractivity contribution in [3.05, 3.63) is 150 Å². The summed E-state index contributed by atoms with van der Waals surface area (Å²) in [5.74, 6) is 2.13. The number of aromatic nitrogens is 5. The number of benzene rings is 6. The Morgan fingerprint density at radius 2 is 1.24 bits per heavy atom. The molecule has 6 nitrogen and oxygen atoms in total. The Kier molecular flexibility index (Phi) is 5.15. The molecule has 0 fully saturated rings. The van der Waals surface area contributed by atoms with Gasteiger partial charge in [-0.1, -0.05) is 42.5 Å². The number of aryl methyl sites for hydroxylation is 1. The number of imidazole rings is 1. The van der Waals surface area contributed by atoms with E-state index in [1.54, 1.807) is 0 Å². The standard InChI is InChI=1S/C43H27N5O.Pt/c1-45-26-46(38-17-5-4-16-37(38)45)27-10-8-11-28(22-27)49-29-19-20-31-34-24-35-33-14-9-13-32-30-12-2-3-15-36(30)48(43(32)33)41(35)25-40(34)47(39(31)23-29)42-18-6-7-21-44-42;/h2-25H,1H3;/i1D3;. The summed E-state index contributed by atoms with van der Waals surface area (Å²) in [6.07, 6.45) is 1.83. The Bertz CT molecular complexity index is 3340. The van der Waals surface area contributed by atoms with Gasteiger partial charge in [0.2, 0.25) is 0 Å². The summed E-state index contributed by atoms with van der Waals surface area (Å²) in [6, 6.07) is 47.4. The number of nitrogens with zero attached hydrogens (tertiary/aromatic N) is 5. The second-order valence-electron chi connectivity index (χ2n) is 12.6. The van der Waals surface area contributed by atoms with Crippen LogP contribution in [0.3, 0.4) is 0 Å². The molecular formula is C43H27N5OPt. The Hall–Kier alpha value is -5.97. The van der Waals surface area contributed by atoms with Crippen molar-refractivity contribution in [2.45, 2.75) is 0 Å². The molecule has 0 saturated carbocycles. The van der Waals surface area contributed by atoms with Crippen molar-refractivity contribution < 1.29 is 28.2 Å². The van der Waals surface area contributed by atoms with E-state index in [2.05, 4.69) is 95.1 Å². The van der Waals surface area contributed by atoms with Gasteiger partial charge in [0.25, 0.3) is 0 Å². The molecular weight excluding hydrogens is 798 g/mol. The summed E-state index contributed by atoms with van der Waals surface area (Å²) in [4.78, 5) is 4.81. The maximum atomic E-state index is 8.21. The Balaban J connectivity index is 1.10. The van der Waals surface area contributed by atoms with Crippen LogP contribution < -0.4 is 4.74 Å². The molecule has 0 atom stereocenters. The van der Waals surface area contributed by atoms with Gasteiger partial charge >= 0.3 is 198 Å². The molecule has 5 heterocycles. The van der Waals surface area contributed by atoms with Crippen molar-refractivity contribution in [2.24, 2.45) is 6.98 Å². The summed E-state index contributed by atoms with van der Waals surface area (Å²) in [7, 11) is 0. The molecule has 0 radical (unpaired) electrons. The predicted molar refractivity (Wildman–Crippen MR) is 199 cm³/mol. The maximum absolute atomic E-state index is 8.21. The average Bonchev–Trinajstić information content (AvgIpc) is 3.87. The first-order valence-corrected chi connectivity index (χ1v) is 17.5. The predicted octanol–water partition coefficient (Wildman–Crippen LogP) is 10.5. The van der Waals surface area contributed by atoms with Crippen LogP contribution in [0.5, 0.6) is 11.5 Å². The number of ether oxygens (including phenoxy) is 1. The van der Waals surface area contributed by atoms with Gasteiger partial charge in [-0.05, 0) is 12.1 Å². The van der Waals surface area contributed by atoms with E-state index < -0.39 is 6.98 Å². The SMILES string of the molecule is [2H]C([2H])([2H])n1[c](=[Pt])n(-c2cccc(Oc3ccc4c5cc6c7cccc8c9ccccc9n(c6cc5n(-c5ccccn5)c4c3)c87)c2)c2ccccc21. The van der Waals surface area contributed by atoms with Crippen LogP contribution in [0.25, 0.3) is 82.4 Å². The summed E-state index contributed by atoms with van der Waals surface area (Å²) < 4.78 is 39.8. The van der Waals surface area contributed by atoms with E-state index in [4.69, 9.17) is 13.8 Å². The van der Waals surface area contributed by atoms with Gasteiger partial charge in [-0.2, -0.15) is 0 Å². The molecule has 0 aliphatic carbocycles. The monoisotopic (exact) mass is 827 g/mol. The first-order valence-electron chi connectivity index (χ1n) is 17.9. The van der Waals surface area contributed by atoms with Crippen molar-refractivity contribution >= 4 is 70.9 Å². The minimum absolute atomic E-state index is 0.577. The Morgan fingerprint density at radius 1 is 0.540 bits per heavy atom. The molecule has 0 amide bonds. The van der Waals surface area contributed by atoms with Crippen molar-refractivity contribution in [3.8, 4) is 23.0 Å². The van der Waals surface area contributed by atoms with Gasteiger partial charge in [-0.25, -0.2) is 0 Å². The fraction of sp³-hybridized carbons (Fsp3) is 0.0233. The first kappa shape index (κ1) is 25.1. The summed E-state index contributed by atoms with van der Waals surface area (Å²) in [6.45, 7) is -2.33. The van der Waals surface area contributed by atoms with Gasteiger partial charge in [0.1, 0.15) is 0 Å². The van der Waals surface area contributed by atoms with Crippen LogP contribution in [0, 0.1) is 3.80 Å². The molecule has 50 heavy (non-hydrogen) atoms.